The molecule has 0 amide bonds. The van der Waals surface area contributed by atoms with Gasteiger partial charge in [0.25, 0.3) is 5.22 Å². The Labute approximate surface area is 121 Å². The van der Waals surface area contributed by atoms with Crippen LogP contribution < -0.4 is 4.74 Å². The van der Waals surface area contributed by atoms with Gasteiger partial charge in [0.1, 0.15) is 12.4 Å². The molecule has 104 valence electrons. The molecular weight excluding hydrogens is 276 g/mol. The van der Waals surface area contributed by atoms with E-state index in [1.165, 1.54) is 11.8 Å². The summed E-state index contributed by atoms with van der Waals surface area (Å²) in [6.45, 7) is 2.17. The van der Waals surface area contributed by atoms with Crippen molar-refractivity contribution in [2.24, 2.45) is 0 Å². The lowest BCUT2D eigenvalue weighted by Crippen LogP contribution is -1.99. The first-order chi connectivity index (χ1) is 9.78. The summed E-state index contributed by atoms with van der Waals surface area (Å²) in [6, 6.07) is 7.41. The number of thioether (sulfide) groups is 1. The molecular formula is C14H14N2O3S. The Kier molecular flexibility index (Phi) is 5.47. The van der Waals surface area contributed by atoms with Crippen molar-refractivity contribution in [3.05, 3.63) is 35.7 Å². The summed E-state index contributed by atoms with van der Waals surface area (Å²) >= 11 is 1.46. The molecule has 5 nitrogen and oxygen atoms in total. The van der Waals surface area contributed by atoms with Crippen molar-refractivity contribution in [1.82, 2.24) is 10.2 Å². The lowest BCUT2D eigenvalue weighted by molar-refractivity contribution is 0.343. The number of aliphatic hydroxyl groups is 1. The Hall–Kier alpha value is -1.97. The minimum atomic E-state index is -0.134. The maximum absolute atomic E-state index is 8.60. The molecule has 0 atom stereocenters. The summed E-state index contributed by atoms with van der Waals surface area (Å²) in [7, 11) is 0. The van der Waals surface area contributed by atoms with E-state index >= 15 is 0 Å². The topological polar surface area (TPSA) is 68.4 Å². The van der Waals surface area contributed by atoms with Gasteiger partial charge in [-0.3, -0.25) is 0 Å². The minimum absolute atomic E-state index is 0.134. The summed E-state index contributed by atoms with van der Waals surface area (Å²) < 4.78 is 10.8. The van der Waals surface area contributed by atoms with E-state index < -0.39 is 0 Å². The van der Waals surface area contributed by atoms with Crippen LogP contribution in [0.25, 0.3) is 0 Å². The first-order valence-electron chi connectivity index (χ1n) is 6.03. The van der Waals surface area contributed by atoms with E-state index in [9.17, 15) is 0 Å². The van der Waals surface area contributed by atoms with Crippen molar-refractivity contribution < 1.29 is 14.3 Å². The molecule has 0 saturated heterocycles. The largest absolute Gasteiger partial charge is 0.493 e. The fraction of sp³-hybridized carbons (Fsp3) is 0.286. The van der Waals surface area contributed by atoms with Crippen LogP contribution in [0.5, 0.6) is 5.75 Å². The van der Waals surface area contributed by atoms with Gasteiger partial charge in [-0.2, -0.15) is 0 Å². The monoisotopic (exact) mass is 290 g/mol. The Balaban J connectivity index is 1.74. The van der Waals surface area contributed by atoms with Gasteiger partial charge in [-0.15, -0.1) is 10.2 Å². The van der Waals surface area contributed by atoms with Crippen molar-refractivity contribution in [3.63, 3.8) is 0 Å². The predicted octanol–water partition coefficient (Wildman–Crippen LogP) is 1.89. The van der Waals surface area contributed by atoms with Crippen LogP contribution in [-0.2, 0) is 0 Å². The van der Waals surface area contributed by atoms with Gasteiger partial charge in [-0.05, 0) is 24.3 Å². The van der Waals surface area contributed by atoms with E-state index in [1.807, 2.05) is 24.3 Å². The van der Waals surface area contributed by atoms with Crippen molar-refractivity contribution in [3.8, 4) is 17.6 Å². The maximum Gasteiger partial charge on any atom is 0.276 e. The zero-order chi connectivity index (χ0) is 14.2. The molecule has 0 radical (unpaired) electrons. The van der Waals surface area contributed by atoms with E-state index in [0.717, 1.165) is 17.1 Å². The van der Waals surface area contributed by atoms with Crippen LogP contribution in [0.3, 0.4) is 0 Å². The number of aliphatic hydroxyl groups excluding tert-OH is 1. The number of hydrogen-bond donors (Lipinski definition) is 1. The Morgan fingerprint density at radius 3 is 2.75 bits per heavy atom. The second kappa shape index (κ2) is 7.58. The zero-order valence-corrected chi connectivity index (χ0v) is 11.8. The van der Waals surface area contributed by atoms with E-state index in [-0.39, 0.29) is 6.61 Å². The number of hydrogen-bond acceptors (Lipinski definition) is 6. The van der Waals surface area contributed by atoms with E-state index in [4.69, 9.17) is 14.3 Å². The molecule has 0 saturated carbocycles. The molecule has 1 N–H and O–H groups in total. The first-order valence-corrected chi connectivity index (χ1v) is 7.02. The van der Waals surface area contributed by atoms with Crippen LogP contribution in [-0.4, -0.2) is 34.3 Å². The molecule has 1 aromatic carbocycles. The standard InChI is InChI=1S/C14H14N2O3S/c1-11-15-16-14(19-11)20-10-9-18-13-6-4-12(5-7-13)3-2-8-17/h4-7,17H,8-10H2,1H3. The second-order valence-corrected chi connectivity index (χ2v) is 4.81. The van der Waals surface area contributed by atoms with Gasteiger partial charge in [0, 0.05) is 18.2 Å². The van der Waals surface area contributed by atoms with E-state index in [2.05, 4.69) is 22.0 Å². The zero-order valence-electron chi connectivity index (χ0n) is 11.0. The molecule has 0 fully saturated rings. The smallest absolute Gasteiger partial charge is 0.276 e. The van der Waals surface area contributed by atoms with Crippen LogP contribution >= 0.6 is 11.8 Å². The molecule has 0 aliphatic carbocycles. The Morgan fingerprint density at radius 2 is 2.10 bits per heavy atom. The summed E-state index contributed by atoms with van der Waals surface area (Å²) in [4.78, 5) is 0. The van der Waals surface area contributed by atoms with Crippen molar-refractivity contribution >= 4 is 11.8 Å². The third-order valence-electron chi connectivity index (χ3n) is 2.25. The summed E-state index contributed by atoms with van der Waals surface area (Å²) in [6.07, 6.45) is 0. The highest BCUT2D eigenvalue weighted by molar-refractivity contribution is 7.99. The highest BCUT2D eigenvalue weighted by atomic mass is 32.2. The van der Waals surface area contributed by atoms with Gasteiger partial charge in [-0.1, -0.05) is 23.6 Å². The Morgan fingerprint density at radius 1 is 1.30 bits per heavy atom. The number of benzene rings is 1. The molecule has 2 aromatic rings. The van der Waals surface area contributed by atoms with Gasteiger partial charge in [0.15, 0.2) is 0 Å². The van der Waals surface area contributed by atoms with Gasteiger partial charge >= 0.3 is 0 Å². The first kappa shape index (κ1) is 14.4. The lowest BCUT2D eigenvalue weighted by Gasteiger charge is -2.04. The average Bonchev–Trinajstić information content (AvgIpc) is 2.88. The van der Waals surface area contributed by atoms with Gasteiger partial charge in [0.2, 0.25) is 5.89 Å². The maximum atomic E-state index is 8.60. The summed E-state index contributed by atoms with van der Waals surface area (Å²) in [5, 5.41) is 16.8. The molecule has 0 unspecified atom stereocenters. The van der Waals surface area contributed by atoms with Crippen LogP contribution in [0.1, 0.15) is 11.5 Å². The number of ether oxygens (including phenoxy) is 1. The highest BCUT2D eigenvalue weighted by Gasteiger charge is 2.02. The molecule has 2 rings (SSSR count). The minimum Gasteiger partial charge on any atom is -0.493 e. The SMILES string of the molecule is Cc1nnc(SCCOc2ccc(C#CCO)cc2)o1. The van der Waals surface area contributed by atoms with Gasteiger partial charge in [-0.25, -0.2) is 0 Å². The summed E-state index contributed by atoms with van der Waals surface area (Å²) in [5.74, 6) is 7.49. The Bertz CT molecular complexity index is 599. The number of aryl methyl sites for hydroxylation is 1. The molecule has 1 aromatic heterocycles. The number of nitrogens with zero attached hydrogens (tertiary/aromatic N) is 2. The molecule has 0 aliphatic rings. The predicted molar refractivity (Wildman–Crippen MR) is 75.7 cm³/mol. The fourth-order valence-corrected chi connectivity index (χ4v) is 2.02. The molecule has 1 heterocycles. The highest BCUT2D eigenvalue weighted by Crippen LogP contribution is 2.16. The molecule has 0 aliphatic heterocycles. The lowest BCUT2D eigenvalue weighted by atomic mass is 10.2. The molecule has 20 heavy (non-hydrogen) atoms. The van der Waals surface area contributed by atoms with Crippen molar-refractivity contribution in [2.75, 3.05) is 19.0 Å². The van der Waals surface area contributed by atoms with Crippen LogP contribution in [0, 0.1) is 18.8 Å². The third kappa shape index (κ3) is 4.61. The van der Waals surface area contributed by atoms with E-state index in [0.29, 0.717) is 17.7 Å². The van der Waals surface area contributed by atoms with Crippen LogP contribution in [0.4, 0.5) is 0 Å². The average molecular weight is 290 g/mol. The van der Waals surface area contributed by atoms with Crippen molar-refractivity contribution in [2.45, 2.75) is 12.1 Å². The number of aromatic nitrogens is 2. The molecule has 0 spiro atoms. The van der Waals surface area contributed by atoms with Gasteiger partial charge < -0.3 is 14.3 Å². The molecule has 0 bridgehead atoms. The second-order valence-electron chi connectivity index (χ2n) is 3.77. The van der Waals surface area contributed by atoms with Crippen LogP contribution in [0.15, 0.2) is 33.9 Å². The molecule has 6 heteroatoms. The fourth-order valence-electron chi connectivity index (χ4n) is 1.40. The van der Waals surface area contributed by atoms with Crippen LogP contribution in [0.2, 0.25) is 0 Å². The van der Waals surface area contributed by atoms with Gasteiger partial charge in [0.05, 0.1) is 6.61 Å². The van der Waals surface area contributed by atoms with Crippen molar-refractivity contribution in [1.29, 1.82) is 0 Å². The third-order valence-corrected chi connectivity index (χ3v) is 3.03. The number of rotatable bonds is 5. The summed E-state index contributed by atoms with van der Waals surface area (Å²) in [5.41, 5.74) is 0.849. The quantitative estimate of drug-likeness (QED) is 0.515. The van der Waals surface area contributed by atoms with E-state index in [1.54, 1.807) is 6.92 Å². The normalized spacial score (nSPS) is 9.90.